The Labute approximate surface area is 126 Å². The van der Waals surface area contributed by atoms with Gasteiger partial charge in [0.15, 0.2) is 0 Å². The molecule has 1 N–H and O–H groups in total. The van der Waals surface area contributed by atoms with Gasteiger partial charge in [-0.1, -0.05) is 38.4 Å². The predicted molar refractivity (Wildman–Crippen MR) is 85.1 cm³/mol. The third-order valence-corrected chi connectivity index (χ3v) is 3.57. The van der Waals surface area contributed by atoms with Crippen molar-refractivity contribution in [2.75, 3.05) is 6.54 Å². The molecule has 2 aromatic rings. The molecular weight excluding hydrogens is 270 g/mol. The number of hydrogen-bond donors (Lipinski definition) is 1. The minimum Gasteiger partial charge on any atom is -0.313 e. The lowest BCUT2D eigenvalue weighted by Gasteiger charge is -2.12. The normalized spacial score (nSPS) is 11.3. The summed E-state index contributed by atoms with van der Waals surface area (Å²) in [6, 6.07) is 6.08. The van der Waals surface area contributed by atoms with E-state index in [1.807, 2.05) is 23.9 Å². The Kier molecular flexibility index (Phi) is 4.84. The van der Waals surface area contributed by atoms with Crippen molar-refractivity contribution in [3.63, 3.8) is 0 Å². The van der Waals surface area contributed by atoms with Crippen LogP contribution in [0.2, 0.25) is 5.02 Å². The van der Waals surface area contributed by atoms with E-state index in [0.717, 1.165) is 23.8 Å². The summed E-state index contributed by atoms with van der Waals surface area (Å²) in [5, 5.41) is 8.73. The molecule has 1 heterocycles. The minimum atomic E-state index is 0.386. The number of hydrogen-bond acceptors (Lipinski definition) is 2. The van der Waals surface area contributed by atoms with Gasteiger partial charge >= 0.3 is 0 Å². The molecular formula is C16H22ClN3. The molecule has 3 nitrogen and oxygen atoms in total. The van der Waals surface area contributed by atoms with Crippen molar-refractivity contribution in [2.45, 2.75) is 33.2 Å². The third-order valence-electron chi connectivity index (χ3n) is 3.33. The molecule has 4 heteroatoms. The van der Waals surface area contributed by atoms with Crippen LogP contribution in [-0.2, 0) is 13.6 Å². The maximum Gasteiger partial charge on any atom is 0.0728 e. The zero-order chi connectivity index (χ0) is 14.7. The van der Waals surface area contributed by atoms with E-state index in [2.05, 4.69) is 43.4 Å². The van der Waals surface area contributed by atoms with Gasteiger partial charge < -0.3 is 5.32 Å². The number of halogens is 1. The summed E-state index contributed by atoms with van der Waals surface area (Å²) in [7, 11) is 1.96. The van der Waals surface area contributed by atoms with E-state index in [0.29, 0.717) is 5.92 Å². The quantitative estimate of drug-likeness (QED) is 0.903. The Morgan fingerprint density at radius 1 is 1.30 bits per heavy atom. The Hall–Kier alpha value is -1.32. The van der Waals surface area contributed by atoms with Crippen molar-refractivity contribution in [3.05, 3.63) is 40.7 Å². The van der Waals surface area contributed by atoms with Crippen LogP contribution >= 0.6 is 11.6 Å². The number of aromatic nitrogens is 2. The van der Waals surface area contributed by atoms with E-state index in [-0.39, 0.29) is 0 Å². The summed E-state index contributed by atoms with van der Waals surface area (Å²) < 4.78 is 1.88. The number of nitrogens with zero attached hydrogens (tertiary/aromatic N) is 2. The van der Waals surface area contributed by atoms with Crippen molar-refractivity contribution >= 4 is 11.6 Å². The Bertz CT molecular complexity index is 587. The van der Waals surface area contributed by atoms with Crippen LogP contribution < -0.4 is 5.32 Å². The van der Waals surface area contributed by atoms with Gasteiger partial charge in [-0.25, -0.2) is 0 Å². The van der Waals surface area contributed by atoms with E-state index in [9.17, 15) is 0 Å². The first-order valence-corrected chi connectivity index (χ1v) is 7.43. The molecule has 0 unspecified atom stereocenters. The summed E-state index contributed by atoms with van der Waals surface area (Å²) in [5.41, 5.74) is 4.73. The van der Waals surface area contributed by atoms with Gasteiger partial charge in [-0.2, -0.15) is 5.10 Å². The van der Waals surface area contributed by atoms with E-state index in [1.165, 1.54) is 16.7 Å². The van der Waals surface area contributed by atoms with Crippen LogP contribution in [0.1, 0.15) is 37.9 Å². The lowest BCUT2D eigenvalue weighted by Crippen LogP contribution is -2.12. The number of benzene rings is 1. The molecule has 1 aromatic heterocycles. The zero-order valence-corrected chi connectivity index (χ0v) is 13.3. The van der Waals surface area contributed by atoms with Crippen LogP contribution in [0.5, 0.6) is 0 Å². The molecule has 0 amide bonds. The van der Waals surface area contributed by atoms with E-state index >= 15 is 0 Å². The SMILES string of the molecule is CCNCc1ccc(Cl)cc1-c1cn(C)nc1C(C)C. The summed E-state index contributed by atoms with van der Waals surface area (Å²) in [5.74, 6) is 0.386. The van der Waals surface area contributed by atoms with Crippen LogP contribution in [0.4, 0.5) is 0 Å². The maximum absolute atomic E-state index is 6.19. The first-order valence-electron chi connectivity index (χ1n) is 7.06. The smallest absolute Gasteiger partial charge is 0.0728 e. The van der Waals surface area contributed by atoms with Gasteiger partial charge in [-0.15, -0.1) is 0 Å². The molecule has 2 rings (SSSR count). The highest BCUT2D eigenvalue weighted by atomic mass is 35.5. The second-order valence-corrected chi connectivity index (χ2v) is 5.77. The molecule has 0 aliphatic carbocycles. The molecule has 0 aliphatic heterocycles. The summed E-state index contributed by atoms with van der Waals surface area (Å²) in [4.78, 5) is 0. The average Bonchev–Trinajstić information content (AvgIpc) is 2.79. The molecule has 0 spiro atoms. The summed E-state index contributed by atoms with van der Waals surface area (Å²) in [6.45, 7) is 8.24. The monoisotopic (exact) mass is 291 g/mol. The van der Waals surface area contributed by atoms with Crippen molar-refractivity contribution < 1.29 is 0 Å². The maximum atomic E-state index is 6.19. The van der Waals surface area contributed by atoms with Gasteiger partial charge in [0.25, 0.3) is 0 Å². The molecule has 0 bridgehead atoms. The van der Waals surface area contributed by atoms with Gasteiger partial charge in [0.1, 0.15) is 0 Å². The molecule has 1 aromatic carbocycles. The predicted octanol–water partition coefficient (Wildman–Crippen LogP) is 3.97. The van der Waals surface area contributed by atoms with E-state index in [1.54, 1.807) is 0 Å². The minimum absolute atomic E-state index is 0.386. The van der Waals surface area contributed by atoms with Crippen LogP contribution in [0.25, 0.3) is 11.1 Å². The molecule has 0 saturated carbocycles. The summed E-state index contributed by atoms with van der Waals surface area (Å²) in [6.07, 6.45) is 2.08. The van der Waals surface area contributed by atoms with Gasteiger partial charge in [-0.05, 0) is 35.7 Å². The fourth-order valence-corrected chi connectivity index (χ4v) is 2.52. The van der Waals surface area contributed by atoms with Crippen LogP contribution in [0.15, 0.2) is 24.4 Å². The number of rotatable bonds is 5. The van der Waals surface area contributed by atoms with E-state index in [4.69, 9.17) is 11.6 Å². The highest BCUT2D eigenvalue weighted by Crippen LogP contribution is 2.32. The Balaban J connectivity index is 2.53. The first kappa shape index (κ1) is 15.1. The van der Waals surface area contributed by atoms with Crippen LogP contribution in [-0.4, -0.2) is 16.3 Å². The largest absolute Gasteiger partial charge is 0.313 e. The topological polar surface area (TPSA) is 29.9 Å². The zero-order valence-electron chi connectivity index (χ0n) is 12.6. The number of nitrogens with one attached hydrogen (secondary N) is 1. The first-order chi connectivity index (χ1) is 9.52. The molecule has 0 saturated heterocycles. The van der Waals surface area contributed by atoms with Gasteiger partial charge in [0.2, 0.25) is 0 Å². The molecule has 108 valence electrons. The van der Waals surface area contributed by atoms with Crippen molar-refractivity contribution in [3.8, 4) is 11.1 Å². The molecule has 0 fully saturated rings. The molecule has 0 atom stereocenters. The second-order valence-electron chi connectivity index (χ2n) is 5.34. The lowest BCUT2D eigenvalue weighted by molar-refractivity contribution is 0.713. The highest BCUT2D eigenvalue weighted by Gasteiger charge is 2.16. The summed E-state index contributed by atoms with van der Waals surface area (Å²) >= 11 is 6.19. The number of aryl methyl sites for hydroxylation is 1. The molecule has 20 heavy (non-hydrogen) atoms. The average molecular weight is 292 g/mol. The highest BCUT2D eigenvalue weighted by molar-refractivity contribution is 6.30. The van der Waals surface area contributed by atoms with Gasteiger partial charge in [0.05, 0.1) is 5.69 Å². The van der Waals surface area contributed by atoms with E-state index < -0.39 is 0 Å². The third kappa shape index (κ3) is 3.22. The molecule has 0 aliphatic rings. The fraction of sp³-hybridized carbons (Fsp3) is 0.438. The van der Waals surface area contributed by atoms with Gasteiger partial charge in [-0.3, -0.25) is 4.68 Å². The van der Waals surface area contributed by atoms with Crippen molar-refractivity contribution in [1.82, 2.24) is 15.1 Å². The van der Waals surface area contributed by atoms with Crippen molar-refractivity contribution in [2.24, 2.45) is 7.05 Å². The second kappa shape index (κ2) is 6.42. The Morgan fingerprint density at radius 3 is 2.70 bits per heavy atom. The van der Waals surface area contributed by atoms with Crippen LogP contribution in [0, 0.1) is 0 Å². The van der Waals surface area contributed by atoms with Crippen molar-refractivity contribution in [1.29, 1.82) is 0 Å². The van der Waals surface area contributed by atoms with Crippen LogP contribution in [0.3, 0.4) is 0 Å². The fourth-order valence-electron chi connectivity index (χ4n) is 2.35. The Morgan fingerprint density at radius 2 is 2.05 bits per heavy atom. The standard InChI is InChI=1S/C16H22ClN3/c1-5-18-9-12-6-7-13(17)8-14(12)15-10-20(4)19-16(15)11(2)3/h6-8,10-11,18H,5,9H2,1-4H3. The molecule has 0 radical (unpaired) electrons. The van der Waals surface area contributed by atoms with Gasteiger partial charge in [0, 0.05) is 30.4 Å². The lowest BCUT2D eigenvalue weighted by atomic mass is 9.96.